The smallest absolute Gasteiger partial charge is 0.228 e. The van der Waals surface area contributed by atoms with Crippen molar-refractivity contribution < 1.29 is 9.59 Å². The summed E-state index contributed by atoms with van der Waals surface area (Å²) in [7, 11) is 0. The van der Waals surface area contributed by atoms with E-state index in [9.17, 15) is 9.59 Å². The molecule has 1 fully saturated rings. The van der Waals surface area contributed by atoms with Crippen molar-refractivity contribution in [3.8, 4) is 0 Å². The molecular weight excluding hydrogens is 368 g/mol. The van der Waals surface area contributed by atoms with Gasteiger partial charge in [0.2, 0.25) is 11.8 Å². The summed E-state index contributed by atoms with van der Waals surface area (Å²) in [5.74, 6) is -0.698. The van der Waals surface area contributed by atoms with E-state index in [4.69, 9.17) is 0 Å². The number of anilines is 2. The van der Waals surface area contributed by atoms with Crippen molar-refractivity contribution in [2.45, 2.75) is 20.3 Å². The van der Waals surface area contributed by atoms with Crippen LogP contribution in [0.15, 0.2) is 46.9 Å². The molecule has 3 rings (SSSR count). The highest BCUT2D eigenvalue weighted by atomic mass is 79.9. The molecule has 0 heterocycles. The first kappa shape index (κ1) is 16.7. The number of nitrogens with one attached hydrogen (secondary N) is 2. The van der Waals surface area contributed by atoms with Crippen LogP contribution in [0.5, 0.6) is 0 Å². The van der Waals surface area contributed by atoms with Crippen LogP contribution >= 0.6 is 15.9 Å². The fourth-order valence-electron chi connectivity index (χ4n) is 2.86. The Morgan fingerprint density at radius 2 is 1.50 bits per heavy atom. The van der Waals surface area contributed by atoms with Gasteiger partial charge in [-0.2, -0.15) is 0 Å². The first-order chi connectivity index (χ1) is 11.4. The van der Waals surface area contributed by atoms with Gasteiger partial charge in [0.15, 0.2) is 0 Å². The second-order valence-electron chi connectivity index (χ2n) is 6.31. The highest BCUT2D eigenvalue weighted by Gasteiger charge is 2.48. The molecule has 2 amide bonds. The maximum atomic E-state index is 12.3. The lowest BCUT2D eigenvalue weighted by atomic mass is 10.1. The van der Waals surface area contributed by atoms with Crippen molar-refractivity contribution in [3.05, 3.63) is 58.1 Å². The van der Waals surface area contributed by atoms with Crippen LogP contribution in [0, 0.1) is 25.7 Å². The number of hydrogen-bond donors (Lipinski definition) is 2. The van der Waals surface area contributed by atoms with Crippen molar-refractivity contribution in [1.82, 2.24) is 0 Å². The van der Waals surface area contributed by atoms with E-state index < -0.39 is 0 Å². The number of hydrogen-bond acceptors (Lipinski definition) is 2. The third kappa shape index (κ3) is 4.03. The van der Waals surface area contributed by atoms with E-state index in [1.807, 2.05) is 50.2 Å². The van der Waals surface area contributed by atoms with Gasteiger partial charge in [-0.1, -0.05) is 28.1 Å². The lowest BCUT2D eigenvalue weighted by Gasteiger charge is -2.08. The minimum absolute atomic E-state index is 0.0885. The first-order valence-electron chi connectivity index (χ1n) is 7.88. The molecule has 0 radical (unpaired) electrons. The lowest BCUT2D eigenvalue weighted by Crippen LogP contribution is -2.20. The summed E-state index contributed by atoms with van der Waals surface area (Å²) in [6, 6.07) is 13.3. The van der Waals surface area contributed by atoms with Gasteiger partial charge in [0.25, 0.3) is 0 Å². The Morgan fingerprint density at radius 1 is 0.917 bits per heavy atom. The highest BCUT2D eigenvalue weighted by molar-refractivity contribution is 9.10. The predicted octanol–water partition coefficient (Wildman–Crippen LogP) is 4.28. The van der Waals surface area contributed by atoms with E-state index in [2.05, 4.69) is 32.6 Å². The second kappa shape index (κ2) is 6.77. The normalized spacial score (nSPS) is 18.8. The Labute approximate surface area is 149 Å². The van der Waals surface area contributed by atoms with Crippen LogP contribution in [0.4, 0.5) is 11.4 Å². The summed E-state index contributed by atoms with van der Waals surface area (Å²) < 4.78 is 0.903. The summed E-state index contributed by atoms with van der Waals surface area (Å²) in [6.07, 6.45) is 0.594. The number of halogens is 1. The molecule has 0 spiro atoms. The van der Waals surface area contributed by atoms with Gasteiger partial charge in [0, 0.05) is 15.8 Å². The van der Waals surface area contributed by atoms with E-state index in [1.165, 1.54) is 0 Å². The van der Waals surface area contributed by atoms with Gasteiger partial charge >= 0.3 is 0 Å². The Hall–Kier alpha value is -2.14. The number of benzene rings is 2. The van der Waals surface area contributed by atoms with Gasteiger partial charge in [-0.3, -0.25) is 9.59 Å². The molecule has 0 saturated heterocycles. The Kier molecular flexibility index (Phi) is 4.71. The summed E-state index contributed by atoms with van der Waals surface area (Å²) >= 11 is 3.37. The largest absolute Gasteiger partial charge is 0.326 e. The maximum Gasteiger partial charge on any atom is 0.228 e. The van der Waals surface area contributed by atoms with Crippen LogP contribution in [0.25, 0.3) is 0 Å². The van der Waals surface area contributed by atoms with Crippen LogP contribution in [-0.4, -0.2) is 11.8 Å². The molecule has 24 heavy (non-hydrogen) atoms. The average Bonchev–Trinajstić information content (AvgIpc) is 3.26. The van der Waals surface area contributed by atoms with E-state index in [1.54, 1.807) is 0 Å². The Bertz CT molecular complexity index is 783. The van der Waals surface area contributed by atoms with Gasteiger partial charge in [-0.25, -0.2) is 0 Å². The molecule has 1 saturated carbocycles. The molecule has 0 aliphatic heterocycles. The molecule has 1 aliphatic carbocycles. The minimum Gasteiger partial charge on any atom is -0.326 e. The van der Waals surface area contributed by atoms with Gasteiger partial charge in [0.1, 0.15) is 0 Å². The molecule has 124 valence electrons. The first-order valence-corrected chi connectivity index (χ1v) is 8.67. The van der Waals surface area contributed by atoms with Gasteiger partial charge in [-0.15, -0.1) is 0 Å². The molecule has 5 heteroatoms. The molecule has 2 unspecified atom stereocenters. The van der Waals surface area contributed by atoms with Gasteiger partial charge in [-0.05, 0) is 61.7 Å². The van der Waals surface area contributed by atoms with Crippen molar-refractivity contribution in [2.75, 3.05) is 10.6 Å². The number of aryl methyl sites for hydroxylation is 2. The van der Waals surface area contributed by atoms with Crippen molar-refractivity contribution in [3.63, 3.8) is 0 Å². The minimum atomic E-state index is -0.255. The quantitative estimate of drug-likeness (QED) is 0.823. The molecule has 4 nitrogen and oxygen atoms in total. The third-order valence-electron chi connectivity index (χ3n) is 4.05. The highest BCUT2D eigenvalue weighted by Crippen LogP contribution is 2.40. The summed E-state index contributed by atoms with van der Waals surface area (Å²) in [5, 5.41) is 5.78. The van der Waals surface area contributed by atoms with Crippen LogP contribution in [0.3, 0.4) is 0 Å². The average molecular weight is 387 g/mol. The third-order valence-corrected chi connectivity index (χ3v) is 4.54. The molecule has 1 aliphatic rings. The topological polar surface area (TPSA) is 58.2 Å². The van der Waals surface area contributed by atoms with E-state index >= 15 is 0 Å². The van der Waals surface area contributed by atoms with Crippen LogP contribution < -0.4 is 10.6 Å². The number of rotatable bonds is 4. The summed E-state index contributed by atoms with van der Waals surface area (Å²) in [4.78, 5) is 24.6. The van der Waals surface area contributed by atoms with Crippen LogP contribution in [0.1, 0.15) is 17.5 Å². The van der Waals surface area contributed by atoms with E-state index in [0.29, 0.717) is 6.42 Å². The van der Waals surface area contributed by atoms with E-state index in [0.717, 1.165) is 27.0 Å². The number of carbonyl (C=O) groups is 2. The standard InChI is InChI=1S/C19H19BrN2O2/c1-11-6-12(2)8-15(7-11)22-19(24)17-10-16(17)18(23)21-14-5-3-4-13(20)9-14/h3-9,16-17H,10H2,1-2H3,(H,21,23)(H,22,24). The predicted molar refractivity (Wildman–Crippen MR) is 98.9 cm³/mol. The summed E-state index contributed by atoms with van der Waals surface area (Å²) in [5.41, 5.74) is 3.72. The van der Waals surface area contributed by atoms with Crippen LogP contribution in [-0.2, 0) is 9.59 Å². The van der Waals surface area contributed by atoms with Gasteiger partial charge < -0.3 is 10.6 Å². The molecular formula is C19H19BrN2O2. The number of carbonyl (C=O) groups excluding carboxylic acids is 2. The van der Waals surface area contributed by atoms with Crippen LogP contribution in [0.2, 0.25) is 0 Å². The Balaban J connectivity index is 1.58. The SMILES string of the molecule is Cc1cc(C)cc(NC(=O)C2CC2C(=O)Nc2cccc(Br)c2)c1. The fourth-order valence-corrected chi connectivity index (χ4v) is 3.26. The fraction of sp³-hybridized carbons (Fsp3) is 0.263. The second-order valence-corrected chi connectivity index (χ2v) is 7.23. The zero-order valence-corrected chi connectivity index (χ0v) is 15.2. The van der Waals surface area contributed by atoms with Crippen molar-refractivity contribution in [2.24, 2.45) is 11.8 Å². The molecule has 0 aromatic heterocycles. The monoisotopic (exact) mass is 386 g/mol. The number of amides is 2. The van der Waals surface area contributed by atoms with Gasteiger partial charge in [0.05, 0.1) is 11.8 Å². The molecule has 2 aromatic carbocycles. The Morgan fingerprint density at radius 3 is 2.08 bits per heavy atom. The molecule has 2 atom stereocenters. The molecule has 2 N–H and O–H groups in total. The maximum absolute atomic E-state index is 12.3. The van der Waals surface area contributed by atoms with Crippen molar-refractivity contribution in [1.29, 1.82) is 0 Å². The molecule has 0 bridgehead atoms. The zero-order chi connectivity index (χ0) is 17.3. The zero-order valence-electron chi connectivity index (χ0n) is 13.6. The van der Waals surface area contributed by atoms with E-state index in [-0.39, 0.29) is 23.7 Å². The summed E-state index contributed by atoms with van der Waals surface area (Å²) in [6.45, 7) is 3.99. The lowest BCUT2D eigenvalue weighted by molar-refractivity contribution is -0.122. The molecule has 2 aromatic rings. The van der Waals surface area contributed by atoms with Crippen molar-refractivity contribution >= 4 is 39.1 Å².